The molecular formula is C16H14Cl3NO3. The van der Waals surface area contributed by atoms with Crippen molar-refractivity contribution in [2.45, 2.75) is 6.61 Å². The highest BCUT2D eigenvalue weighted by Crippen LogP contribution is 2.35. The Kier molecular flexibility index (Phi) is 6.39. The second-order valence-electron chi connectivity index (χ2n) is 4.49. The van der Waals surface area contributed by atoms with Gasteiger partial charge in [-0.3, -0.25) is 0 Å². The van der Waals surface area contributed by atoms with Gasteiger partial charge in [0.25, 0.3) is 0 Å². The summed E-state index contributed by atoms with van der Waals surface area (Å²) < 4.78 is 10.4. The van der Waals surface area contributed by atoms with Crippen LogP contribution in [0.15, 0.2) is 35.5 Å². The summed E-state index contributed by atoms with van der Waals surface area (Å²) in [6.07, 6.45) is 1.53. The summed E-state index contributed by atoms with van der Waals surface area (Å²) in [7, 11) is 3.06. The molecular weight excluding hydrogens is 361 g/mol. The van der Waals surface area contributed by atoms with E-state index >= 15 is 0 Å². The van der Waals surface area contributed by atoms with Gasteiger partial charge in [-0.15, -0.1) is 0 Å². The molecule has 0 amide bonds. The average molecular weight is 375 g/mol. The second kappa shape index (κ2) is 8.29. The summed E-state index contributed by atoms with van der Waals surface area (Å²) in [5.74, 6) is 0.994. The van der Waals surface area contributed by atoms with Crippen LogP contribution in [0.25, 0.3) is 0 Å². The molecule has 0 unspecified atom stereocenters. The van der Waals surface area contributed by atoms with Crippen LogP contribution in [-0.2, 0) is 11.4 Å². The second-order valence-corrected chi connectivity index (χ2v) is 5.72. The van der Waals surface area contributed by atoms with Crippen molar-refractivity contribution in [1.82, 2.24) is 0 Å². The highest BCUT2D eigenvalue weighted by Gasteiger charge is 2.10. The third-order valence-corrected chi connectivity index (χ3v) is 3.97. The first-order valence-electron chi connectivity index (χ1n) is 6.56. The minimum Gasteiger partial charge on any atom is -0.493 e. The van der Waals surface area contributed by atoms with E-state index in [4.69, 9.17) is 49.1 Å². The van der Waals surface area contributed by atoms with Gasteiger partial charge < -0.3 is 14.3 Å². The molecule has 0 bridgehead atoms. The Bertz CT molecular complexity index is 720. The van der Waals surface area contributed by atoms with Crippen molar-refractivity contribution < 1.29 is 14.3 Å². The number of methoxy groups -OCH3 is 2. The SMILES string of the molecule is COc1cc(/C=N/OCc2ccc(Cl)c(Cl)c2)cc(Cl)c1OC. The Morgan fingerprint density at radius 1 is 0.957 bits per heavy atom. The molecule has 0 saturated heterocycles. The molecule has 0 heterocycles. The van der Waals surface area contributed by atoms with Crippen LogP contribution in [0, 0.1) is 0 Å². The van der Waals surface area contributed by atoms with E-state index in [-0.39, 0.29) is 6.61 Å². The first-order valence-corrected chi connectivity index (χ1v) is 7.69. The minimum atomic E-state index is 0.272. The molecule has 0 aliphatic rings. The lowest BCUT2D eigenvalue weighted by Crippen LogP contribution is -1.94. The third-order valence-electron chi connectivity index (χ3n) is 2.95. The Labute approximate surface area is 149 Å². The molecule has 122 valence electrons. The fourth-order valence-electron chi connectivity index (χ4n) is 1.85. The highest BCUT2D eigenvalue weighted by molar-refractivity contribution is 6.42. The molecule has 7 heteroatoms. The number of oxime groups is 1. The smallest absolute Gasteiger partial charge is 0.179 e. The largest absolute Gasteiger partial charge is 0.493 e. The molecule has 0 aliphatic carbocycles. The topological polar surface area (TPSA) is 40.0 Å². The molecule has 0 N–H and O–H groups in total. The monoisotopic (exact) mass is 373 g/mol. The van der Waals surface area contributed by atoms with Gasteiger partial charge in [-0.1, -0.05) is 46.0 Å². The Hall–Kier alpha value is -1.62. The van der Waals surface area contributed by atoms with E-state index < -0.39 is 0 Å². The summed E-state index contributed by atoms with van der Waals surface area (Å²) >= 11 is 17.9. The van der Waals surface area contributed by atoms with E-state index in [9.17, 15) is 0 Å². The molecule has 4 nitrogen and oxygen atoms in total. The van der Waals surface area contributed by atoms with Crippen LogP contribution in [0.4, 0.5) is 0 Å². The number of ether oxygens (including phenoxy) is 2. The lowest BCUT2D eigenvalue weighted by Gasteiger charge is -2.09. The molecule has 23 heavy (non-hydrogen) atoms. The maximum Gasteiger partial charge on any atom is 0.179 e. The molecule has 0 fully saturated rings. The van der Waals surface area contributed by atoms with Gasteiger partial charge in [0.2, 0.25) is 0 Å². The van der Waals surface area contributed by atoms with Crippen molar-refractivity contribution in [3.8, 4) is 11.5 Å². The lowest BCUT2D eigenvalue weighted by atomic mass is 10.2. The molecule has 0 aliphatic heterocycles. The van der Waals surface area contributed by atoms with E-state index in [1.807, 2.05) is 6.07 Å². The fraction of sp³-hybridized carbons (Fsp3) is 0.188. The van der Waals surface area contributed by atoms with E-state index in [2.05, 4.69) is 5.16 Å². The van der Waals surface area contributed by atoms with Gasteiger partial charge in [0.05, 0.1) is 35.5 Å². The zero-order valence-corrected chi connectivity index (χ0v) is 14.7. The van der Waals surface area contributed by atoms with Gasteiger partial charge in [-0.05, 0) is 29.8 Å². The standard InChI is InChI=1S/C16H14Cl3NO3/c1-21-15-7-11(6-14(19)16(15)22-2)8-20-23-9-10-3-4-12(17)13(18)5-10/h3-8H,9H2,1-2H3/b20-8+. The van der Waals surface area contributed by atoms with Crippen molar-refractivity contribution >= 4 is 41.0 Å². The predicted molar refractivity (Wildman–Crippen MR) is 93.4 cm³/mol. The summed E-state index contributed by atoms with van der Waals surface area (Å²) in [5.41, 5.74) is 1.59. The van der Waals surface area contributed by atoms with Crippen LogP contribution < -0.4 is 9.47 Å². The number of hydrogen-bond acceptors (Lipinski definition) is 4. The quantitative estimate of drug-likeness (QED) is 0.514. The first kappa shape index (κ1) is 17.7. The summed E-state index contributed by atoms with van der Waals surface area (Å²) in [4.78, 5) is 5.24. The van der Waals surface area contributed by atoms with E-state index in [0.29, 0.717) is 26.6 Å². The maximum atomic E-state index is 6.12. The van der Waals surface area contributed by atoms with Gasteiger partial charge in [-0.2, -0.15) is 0 Å². The van der Waals surface area contributed by atoms with Crippen LogP contribution in [0.5, 0.6) is 11.5 Å². The van der Waals surface area contributed by atoms with Crippen LogP contribution in [0.1, 0.15) is 11.1 Å². The van der Waals surface area contributed by atoms with E-state index in [1.165, 1.54) is 20.4 Å². The summed E-state index contributed by atoms with van der Waals surface area (Å²) in [5, 5.41) is 5.31. The molecule has 2 rings (SSSR count). The third kappa shape index (κ3) is 4.67. The molecule has 0 saturated carbocycles. The zero-order valence-electron chi connectivity index (χ0n) is 12.5. The summed E-state index contributed by atoms with van der Waals surface area (Å²) in [6, 6.07) is 8.70. The van der Waals surface area contributed by atoms with Gasteiger partial charge in [0.15, 0.2) is 11.5 Å². The van der Waals surface area contributed by atoms with Crippen molar-refractivity contribution in [3.63, 3.8) is 0 Å². The first-order chi connectivity index (χ1) is 11.0. The van der Waals surface area contributed by atoms with Crippen molar-refractivity contribution in [2.24, 2.45) is 5.16 Å². The van der Waals surface area contributed by atoms with Crippen molar-refractivity contribution in [1.29, 1.82) is 0 Å². The lowest BCUT2D eigenvalue weighted by molar-refractivity contribution is 0.132. The van der Waals surface area contributed by atoms with Gasteiger partial charge >= 0.3 is 0 Å². The number of nitrogens with zero attached hydrogens (tertiary/aromatic N) is 1. The van der Waals surface area contributed by atoms with Crippen LogP contribution in [0.3, 0.4) is 0 Å². The molecule has 0 aromatic heterocycles. The molecule has 0 spiro atoms. The number of benzene rings is 2. The van der Waals surface area contributed by atoms with E-state index in [1.54, 1.807) is 24.3 Å². The minimum absolute atomic E-state index is 0.272. The molecule has 2 aromatic rings. The molecule has 0 atom stereocenters. The van der Waals surface area contributed by atoms with Crippen LogP contribution in [0.2, 0.25) is 15.1 Å². The van der Waals surface area contributed by atoms with Crippen LogP contribution >= 0.6 is 34.8 Å². The number of halogens is 3. The van der Waals surface area contributed by atoms with Crippen LogP contribution in [-0.4, -0.2) is 20.4 Å². The van der Waals surface area contributed by atoms with Gasteiger partial charge in [0.1, 0.15) is 6.61 Å². The Morgan fingerprint density at radius 3 is 2.39 bits per heavy atom. The summed E-state index contributed by atoms with van der Waals surface area (Å²) in [6.45, 7) is 0.272. The zero-order chi connectivity index (χ0) is 16.8. The fourth-order valence-corrected chi connectivity index (χ4v) is 2.47. The normalized spacial score (nSPS) is 10.8. The Balaban J connectivity index is 2.03. The predicted octanol–water partition coefficient (Wildman–Crippen LogP) is 5.21. The number of rotatable bonds is 6. The van der Waals surface area contributed by atoms with Crippen molar-refractivity contribution in [2.75, 3.05) is 14.2 Å². The Morgan fingerprint density at radius 2 is 1.74 bits per heavy atom. The van der Waals surface area contributed by atoms with Crippen molar-refractivity contribution in [3.05, 3.63) is 56.5 Å². The van der Waals surface area contributed by atoms with E-state index in [0.717, 1.165) is 11.1 Å². The average Bonchev–Trinajstić information content (AvgIpc) is 2.54. The van der Waals surface area contributed by atoms with Gasteiger partial charge in [0, 0.05) is 5.56 Å². The van der Waals surface area contributed by atoms with Gasteiger partial charge in [-0.25, -0.2) is 0 Å². The molecule has 2 aromatic carbocycles. The highest BCUT2D eigenvalue weighted by atomic mass is 35.5. The maximum absolute atomic E-state index is 6.12. The molecule has 0 radical (unpaired) electrons. The number of hydrogen-bond donors (Lipinski definition) is 0.